The molecule has 13 heteroatoms. The maximum Gasteiger partial charge on any atom is 0.250 e. The molecule has 1 atom stereocenters. The number of nitriles is 1. The number of benzene rings is 1. The number of rotatable bonds is 9. The first-order valence-electron chi connectivity index (χ1n) is 12.3. The van der Waals surface area contributed by atoms with Crippen molar-refractivity contribution >= 4 is 39.9 Å². The largest absolute Gasteiger partial charge is 0.493 e. The van der Waals surface area contributed by atoms with Crippen molar-refractivity contribution < 1.29 is 18.3 Å². The number of H-pyrrole nitrogens is 1. The van der Waals surface area contributed by atoms with Gasteiger partial charge in [0, 0.05) is 54.3 Å². The molecule has 0 unspecified atom stereocenters. The lowest BCUT2D eigenvalue weighted by Crippen LogP contribution is -2.68. The zero-order valence-electron chi connectivity index (χ0n) is 21.8. The second-order valence-electron chi connectivity index (χ2n) is 9.79. The average molecular weight is 588 g/mol. The fraction of sp³-hybridized carbons (Fsp3) is 0.333. The minimum Gasteiger partial charge on any atom is -0.493 e. The molecule has 1 aliphatic heterocycles. The summed E-state index contributed by atoms with van der Waals surface area (Å²) in [6.45, 7) is 4.21. The van der Waals surface area contributed by atoms with Gasteiger partial charge in [0.25, 0.3) is 6.43 Å². The molecule has 0 amide bonds. The molecule has 4 aromatic rings. The van der Waals surface area contributed by atoms with E-state index in [1.807, 2.05) is 18.7 Å². The monoisotopic (exact) mass is 587 g/mol. The summed E-state index contributed by atoms with van der Waals surface area (Å²) in [6.07, 6.45) is 1.69. The number of methoxy groups -OCH3 is 1. The van der Waals surface area contributed by atoms with Gasteiger partial charge in [-0.15, -0.1) is 0 Å². The van der Waals surface area contributed by atoms with E-state index in [1.165, 1.54) is 19.5 Å². The summed E-state index contributed by atoms with van der Waals surface area (Å²) in [5.74, 6) is 1.41. The molecule has 4 heterocycles. The van der Waals surface area contributed by atoms with Crippen LogP contribution in [0.25, 0.3) is 22.2 Å². The molecule has 1 saturated heterocycles. The number of nitrogens with zero attached hydrogens (tertiary/aromatic N) is 5. The van der Waals surface area contributed by atoms with Crippen LogP contribution in [0.4, 0.5) is 14.6 Å². The Morgan fingerprint density at radius 1 is 1.18 bits per heavy atom. The predicted molar refractivity (Wildman–Crippen MR) is 149 cm³/mol. The van der Waals surface area contributed by atoms with E-state index in [-0.39, 0.29) is 6.54 Å². The summed E-state index contributed by atoms with van der Waals surface area (Å²) in [5, 5.41) is 21.7. The van der Waals surface area contributed by atoms with Gasteiger partial charge in [0.15, 0.2) is 11.5 Å². The third-order valence-electron chi connectivity index (χ3n) is 6.77. The molecule has 0 radical (unpaired) electrons. The normalized spacial score (nSPS) is 15.1. The van der Waals surface area contributed by atoms with Crippen LogP contribution in [0, 0.1) is 11.3 Å². The Balaban J connectivity index is 1.44. The highest BCUT2D eigenvalue weighted by atomic mass is 35.5. The van der Waals surface area contributed by atoms with E-state index in [0.29, 0.717) is 68.4 Å². The lowest BCUT2D eigenvalue weighted by Gasteiger charge is -2.49. The van der Waals surface area contributed by atoms with E-state index in [0.717, 1.165) is 5.39 Å². The molecule has 0 saturated carbocycles. The highest BCUT2D eigenvalue weighted by Crippen LogP contribution is 2.40. The van der Waals surface area contributed by atoms with Crippen LogP contribution in [-0.2, 0) is 0 Å². The summed E-state index contributed by atoms with van der Waals surface area (Å²) in [4.78, 5) is 10.4. The van der Waals surface area contributed by atoms with Crippen molar-refractivity contribution in [1.82, 2.24) is 25.5 Å². The van der Waals surface area contributed by atoms with Gasteiger partial charge in [-0.3, -0.25) is 10.1 Å². The molecular weight excluding hydrogens is 563 g/mol. The van der Waals surface area contributed by atoms with Crippen molar-refractivity contribution in [2.75, 3.05) is 31.6 Å². The molecule has 40 heavy (non-hydrogen) atoms. The molecule has 0 bridgehead atoms. The van der Waals surface area contributed by atoms with Crippen LogP contribution in [0.1, 0.15) is 31.1 Å². The van der Waals surface area contributed by atoms with Gasteiger partial charge in [-0.25, -0.2) is 13.8 Å². The van der Waals surface area contributed by atoms with Gasteiger partial charge in [0.1, 0.15) is 23.7 Å². The lowest BCUT2D eigenvalue weighted by atomic mass is 9.91. The van der Waals surface area contributed by atoms with Gasteiger partial charge >= 0.3 is 0 Å². The topological polar surface area (TPSA) is 112 Å². The Kier molecular flexibility index (Phi) is 7.68. The summed E-state index contributed by atoms with van der Waals surface area (Å²) >= 11 is 12.7. The van der Waals surface area contributed by atoms with E-state index in [2.05, 4.69) is 31.6 Å². The Morgan fingerprint density at radius 2 is 1.90 bits per heavy atom. The lowest BCUT2D eigenvalue weighted by molar-refractivity contribution is 0.124. The number of anilines is 1. The van der Waals surface area contributed by atoms with Crippen molar-refractivity contribution in [3.8, 4) is 28.8 Å². The number of nitrogens with one attached hydrogen (secondary N) is 2. The maximum absolute atomic E-state index is 12.6. The van der Waals surface area contributed by atoms with Gasteiger partial charge in [-0.05, 0) is 26.0 Å². The van der Waals surface area contributed by atoms with E-state index >= 15 is 0 Å². The van der Waals surface area contributed by atoms with E-state index in [9.17, 15) is 14.0 Å². The number of hydrogen-bond donors (Lipinski definition) is 2. The van der Waals surface area contributed by atoms with Crippen LogP contribution in [0.15, 0.2) is 36.8 Å². The van der Waals surface area contributed by atoms with Crippen LogP contribution in [0.5, 0.6) is 11.5 Å². The van der Waals surface area contributed by atoms with E-state index in [1.54, 1.807) is 24.4 Å². The minimum absolute atomic E-state index is 0.352. The molecule has 1 aliphatic rings. The van der Waals surface area contributed by atoms with Crippen LogP contribution in [-0.4, -0.2) is 58.9 Å². The molecule has 0 aliphatic carbocycles. The number of hydrogen-bond acceptors (Lipinski definition) is 8. The Morgan fingerprint density at radius 3 is 2.55 bits per heavy atom. The first-order chi connectivity index (χ1) is 19.1. The number of halogens is 4. The summed E-state index contributed by atoms with van der Waals surface area (Å²) in [5.41, 5.74) is 2.35. The fourth-order valence-corrected chi connectivity index (χ4v) is 5.53. The number of fused-ring (bicyclic) bond motifs is 1. The van der Waals surface area contributed by atoms with Crippen LogP contribution >= 0.6 is 23.2 Å². The van der Waals surface area contributed by atoms with E-state index < -0.39 is 18.1 Å². The molecule has 208 valence electrons. The predicted octanol–water partition coefficient (Wildman–Crippen LogP) is 5.78. The average Bonchev–Trinajstić information content (AvgIpc) is 3.32. The smallest absolute Gasteiger partial charge is 0.250 e. The number of alkyl halides is 2. The van der Waals surface area contributed by atoms with Gasteiger partial charge in [0.05, 0.1) is 40.3 Å². The molecule has 1 fully saturated rings. The van der Waals surface area contributed by atoms with Crippen LogP contribution < -0.4 is 19.7 Å². The molecule has 2 N–H and O–H groups in total. The zero-order valence-corrected chi connectivity index (χ0v) is 23.3. The Bertz CT molecular complexity index is 1580. The minimum atomic E-state index is -2.43. The first kappa shape index (κ1) is 27.8. The molecule has 9 nitrogen and oxygen atoms in total. The van der Waals surface area contributed by atoms with Crippen molar-refractivity contribution in [3.05, 3.63) is 58.0 Å². The Labute approximate surface area is 239 Å². The van der Waals surface area contributed by atoms with Gasteiger partial charge < -0.3 is 19.7 Å². The molecule has 1 aromatic carbocycles. The fourth-order valence-electron chi connectivity index (χ4n) is 4.86. The third-order valence-corrected chi connectivity index (χ3v) is 7.37. The Hall–Kier alpha value is -3.72. The number of aromatic nitrogens is 4. The van der Waals surface area contributed by atoms with Crippen LogP contribution in [0.3, 0.4) is 0 Å². The summed E-state index contributed by atoms with van der Waals surface area (Å²) < 4.78 is 37.0. The number of ether oxygens (including phenoxy) is 2. The molecule has 3 aromatic heterocycles. The molecular formula is C27H25Cl2F2N7O2. The van der Waals surface area contributed by atoms with Crippen LogP contribution in [0.2, 0.25) is 10.0 Å². The summed E-state index contributed by atoms with van der Waals surface area (Å²) in [6, 6.07) is 7.47. The molecule has 0 spiro atoms. The van der Waals surface area contributed by atoms with Crippen molar-refractivity contribution in [2.45, 2.75) is 31.9 Å². The van der Waals surface area contributed by atoms with Crippen molar-refractivity contribution in [3.63, 3.8) is 0 Å². The standard InChI is InChI=1S/C27H25Cl2F2N7O2/c1-14(24-18(28)9-33-10-19(24)29)40-22-5-17-20(6-21(22)39-3)36-37-25(17)16-4-15(7-32)26(34-8-16)38-12-27(2,13-38)35-11-23(30)31/h4-6,8-10,14,23,35H,11-13H2,1-3H3,(H,36,37)/t14-/m1/s1. The number of pyridine rings is 2. The summed E-state index contributed by atoms with van der Waals surface area (Å²) in [7, 11) is 1.54. The molecule has 5 rings (SSSR count). The second-order valence-corrected chi connectivity index (χ2v) is 10.6. The third kappa shape index (κ3) is 5.35. The zero-order chi connectivity index (χ0) is 28.6. The highest BCUT2D eigenvalue weighted by molar-refractivity contribution is 6.35. The number of aromatic amines is 1. The van der Waals surface area contributed by atoms with E-state index in [4.69, 9.17) is 32.7 Å². The maximum atomic E-state index is 12.6. The van der Waals surface area contributed by atoms with Crippen molar-refractivity contribution in [2.24, 2.45) is 0 Å². The highest BCUT2D eigenvalue weighted by Gasteiger charge is 2.40. The van der Waals surface area contributed by atoms with Gasteiger partial charge in [-0.1, -0.05) is 23.2 Å². The first-order valence-corrected chi connectivity index (χ1v) is 13.1. The van der Waals surface area contributed by atoms with Crippen molar-refractivity contribution in [1.29, 1.82) is 5.26 Å². The SMILES string of the molecule is COc1cc2[nH]nc(-c3cnc(N4CC(C)(NCC(F)F)C4)c(C#N)c3)c2cc1O[C@H](C)c1c(Cl)cncc1Cl. The second kappa shape index (κ2) is 11.0. The van der Waals surface area contributed by atoms with Gasteiger partial charge in [0.2, 0.25) is 0 Å². The quantitative estimate of drug-likeness (QED) is 0.253. The van der Waals surface area contributed by atoms with Gasteiger partial charge in [-0.2, -0.15) is 10.4 Å².